The summed E-state index contributed by atoms with van der Waals surface area (Å²) in [5.41, 5.74) is 10.1. The lowest BCUT2D eigenvalue weighted by Gasteiger charge is -2.42. The molecule has 0 saturated carbocycles. The highest BCUT2D eigenvalue weighted by Crippen LogP contribution is 2.54. The molecule has 1 aliphatic carbocycles. The van der Waals surface area contributed by atoms with E-state index in [1.807, 2.05) is 86.8 Å². The van der Waals surface area contributed by atoms with E-state index in [0.29, 0.717) is 39.4 Å². The van der Waals surface area contributed by atoms with E-state index in [-0.39, 0.29) is 57.3 Å². The fraction of sp³-hybridized carbons (Fsp3) is 0.224. The van der Waals surface area contributed by atoms with Gasteiger partial charge in [0, 0.05) is 48.7 Å². The van der Waals surface area contributed by atoms with Crippen LogP contribution >= 0.6 is 0 Å². The summed E-state index contributed by atoms with van der Waals surface area (Å²) in [7, 11) is 0. The van der Waals surface area contributed by atoms with Crippen molar-refractivity contribution in [1.29, 1.82) is 0 Å². The molecule has 2 aliphatic rings. The summed E-state index contributed by atoms with van der Waals surface area (Å²) in [5.74, 6) is 1.49. The predicted molar refractivity (Wildman–Crippen MR) is 341 cm³/mol. The van der Waals surface area contributed by atoms with Crippen molar-refractivity contribution in [2.45, 2.75) is 97.8 Å². The highest BCUT2D eigenvalue weighted by Gasteiger charge is 2.38. The van der Waals surface area contributed by atoms with Gasteiger partial charge in [-0.05, 0) is 182 Å². The first-order valence-corrected chi connectivity index (χ1v) is 28.2. The van der Waals surface area contributed by atoms with E-state index in [0.717, 1.165) is 63.1 Å². The Bertz CT molecular complexity index is 4750. The molecule has 0 N–H and O–H groups in total. The van der Waals surface area contributed by atoms with Gasteiger partial charge >= 0.3 is 0 Å². The van der Waals surface area contributed by atoms with Crippen LogP contribution in [0.3, 0.4) is 0 Å². The molecule has 2 aromatic heterocycles. The molecule has 81 heavy (non-hydrogen) atoms. The van der Waals surface area contributed by atoms with Crippen LogP contribution in [0.2, 0.25) is 0 Å². The zero-order chi connectivity index (χ0) is 64.5. The van der Waals surface area contributed by atoms with Crippen LogP contribution in [-0.4, -0.2) is 16.2 Å². The molecule has 11 aromatic rings. The average Bonchev–Trinajstić information content (AvgIpc) is 1.75. The van der Waals surface area contributed by atoms with E-state index in [4.69, 9.17) is 13.8 Å². The van der Waals surface area contributed by atoms with Crippen molar-refractivity contribution in [2.75, 3.05) is 16.5 Å². The Balaban J connectivity index is 1.04. The standard InChI is InChI=1S/C76H72N4O/c1-50(2)39-51-40-64(54-31-34-66-67(45-54)76(8,9)37-36-75(66,6)7)73(65(41-51)57-43-55(52-21-12-10-13-22-52)42-56(44-57)53-23-14-11-15-24-53)79-49-78(69-29-18-19-30-70(69)79)59-25-20-26-60(47-59)81-61-32-33-63-62-27-16-17-28-68(62)80(71(63)48-61)72-46-58(35-38-77-72)74(3,4)5/h10-35,38,40-48,50H,36-37,39,49H2,1-9H3/i10D,12D,13D,21D,22D,39D2,42D,43D,44D. The van der Waals surface area contributed by atoms with Crippen molar-refractivity contribution in [3.63, 3.8) is 0 Å². The molecule has 3 heterocycles. The number of para-hydroxylation sites is 3. The van der Waals surface area contributed by atoms with E-state index < -0.39 is 48.5 Å². The number of nitrogens with zero attached hydrogens (tertiary/aromatic N) is 4. The molecule has 0 fully saturated rings. The summed E-state index contributed by atoms with van der Waals surface area (Å²) in [5, 5.41) is 2.17. The Morgan fingerprint density at radius 3 is 1.98 bits per heavy atom. The van der Waals surface area contributed by atoms with Crippen molar-refractivity contribution in [1.82, 2.24) is 9.55 Å². The van der Waals surface area contributed by atoms with Crippen molar-refractivity contribution in [3.8, 4) is 61.8 Å². The lowest BCUT2D eigenvalue weighted by atomic mass is 9.63. The third-order valence-corrected chi connectivity index (χ3v) is 16.4. The van der Waals surface area contributed by atoms with Crippen molar-refractivity contribution in [3.05, 3.63) is 241 Å². The van der Waals surface area contributed by atoms with Crippen molar-refractivity contribution < 1.29 is 18.4 Å². The summed E-state index contributed by atoms with van der Waals surface area (Å²) >= 11 is 0. The van der Waals surface area contributed by atoms with Gasteiger partial charge in [-0.2, -0.15) is 0 Å². The van der Waals surface area contributed by atoms with Crippen LogP contribution in [0.25, 0.3) is 72.1 Å². The molecule has 0 atom stereocenters. The molecule has 0 saturated heterocycles. The second-order valence-electron chi connectivity index (χ2n) is 24.4. The monoisotopic (exact) mass is 1070 g/mol. The molecule has 9 aromatic carbocycles. The SMILES string of the molecule is [2H]c1c([2H])c([2H])c(-c2c([2H])c(-c3ccccc3)c([2H])c(-c3cc(C([2H])([2H])C(C)C)cc(-c4ccc5c(c4)C(C)(C)CCC5(C)C)c3N3CN(c4cccc(Oc5ccc6c7ccccc7n(-c7cc(C(C)(C)C)ccn7)c6c5)c4)c4ccccc43)c2[2H])c([2H])c1[2H]. The summed E-state index contributed by atoms with van der Waals surface area (Å²) < 4.78 is 105. The second kappa shape index (κ2) is 20.1. The highest BCUT2D eigenvalue weighted by molar-refractivity contribution is 6.09. The van der Waals surface area contributed by atoms with Gasteiger partial charge in [0.05, 0.1) is 39.1 Å². The quantitative estimate of drug-likeness (QED) is 0.129. The van der Waals surface area contributed by atoms with Gasteiger partial charge in [-0.1, -0.05) is 177 Å². The fourth-order valence-corrected chi connectivity index (χ4v) is 12.1. The van der Waals surface area contributed by atoms with Crippen LogP contribution in [-0.2, 0) is 22.6 Å². The maximum absolute atomic E-state index is 10.5. The van der Waals surface area contributed by atoms with E-state index in [1.165, 1.54) is 16.7 Å². The van der Waals surface area contributed by atoms with Crippen LogP contribution in [0.4, 0.5) is 22.7 Å². The topological polar surface area (TPSA) is 33.5 Å². The summed E-state index contributed by atoms with van der Waals surface area (Å²) in [6.07, 6.45) is 1.84. The maximum atomic E-state index is 10.5. The van der Waals surface area contributed by atoms with Crippen LogP contribution in [0, 0.1) is 5.92 Å². The van der Waals surface area contributed by atoms with E-state index in [1.54, 1.807) is 30.3 Å². The zero-order valence-corrected chi connectivity index (χ0v) is 47.6. The summed E-state index contributed by atoms with van der Waals surface area (Å²) in [6, 6.07) is 49.9. The Hall–Kier alpha value is -8.67. The molecule has 0 radical (unpaired) electrons. The zero-order valence-electron chi connectivity index (χ0n) is 57.6. The Labute approximate surface area is 493 Å². The van der Waals surface area contributed by atoms with E-state index in [9.17, 15) is 9.60 Å². The van der Waals surface area contributed by atoms with E-state index >= 15 is 0 Å². The average molecular weight is 1070 g/mol. The smallest absolute Gasteiger partial charge is 0.137 e. The normalized spacial score (nSPS) is 16.6. The number of hydrogen-bond acceptors (Lipinski definition) is 4. The molecule has 0 spiro atoms. The molecule has 0 bridgehead atoms. The summed E-state index contributed by atoms with van der Waals surface area (Å²) in [4.78, 5) is 9.25. The van der Waals surface area contributed by atoms with Gasteiger partial charge < -0.3 is 14.5 Å². The minimum absolute atomic E-state index is 0.00812. The van der Waals surface area contributed by atoms with Gasteiger partial charge in [0.2, 0.25) is 0 Å². The number of rotatable bonds is 11. The van der Waals surface area contributed by atoms with Crippen molar-refractivity contribution in [2.24, 2.45) is 5.92 Å². The molecule has 1 aliphatic heterocycles. The molecular formula is C76H72N4O. The Morgan fingerprint density at radius 1 is 0.568 bits per heavy atom. The first-order chi connectivity index (χ1) is 43.2. The molecule has 5 heteroatoms. The number of ether oxygens (including phenoxy) is 1. The maximum Gasteiger partial charge on any atom is 0.137 e. The predicted octanol–water partition coefficient (Wildman–Crippen LogP) is 20.7. The number of fused-ring (bicyclic) bond motifs is 5. The largest absolute Gasteiger partial charge is 0.457 e. The number of benzene rings is 9. The Kier molecular flexibility index (Phi) is 10.3. The lowest BCUT2D eigenvalue weighted by Crippen LogP contribution is -2.33. The lowest BCUT2D eigenvalue weighted by molar-refractivity contribution is 0.332. The fourth-order valence-electron chi connectivity index (χ4n) is 12.1. The van der Waals surface area contributed by atoms with Crippen molar-refractivity contribution >= 4 is 44.6 Å². The van der Waals surface area contributed by atoms with Gasteiger partial charge in [-0.15, -0.1) is 0 Å². The van der Waals surface area contributed by atoms with Gasteiger partial charge in [-0.3, -0.25) is 4.57 Å². The Morgan fingerprint density at radius 2 is 1.22 bits per heavy atom. The molecule has 13 rings (SSSR count). The minimum Gasteiger partial charge on any atom is -0.457 e. The molecule has 0 unspecified atom stereocenters. The van der Waals surface area contributed by atoms with Gasteiger partial charge in [0.1, 0.15) is 24.0 Å². The van der Waals surface area contributed by atoms with Crippen LogP contribution in [0.15, 0.2) is 218 Å². The van der Waals surface area contributed by atoms with Gasteiger partial charge in [-0.25, -0.2) is 4.98 Å². The first-order valence-electron chi connectivity index (χ1n) is 33.2. The van der Waals surface area contributed by atoms with E-state index in [2.05, 4.69) is 130 Å². The van der Waals surface area contributed by atoms with Crippen LogP contribution in [0.5, 0.6) is 11.5 Å². The van der Waals surface area contributed by atoms with Gasteiger partial charge in [0.25, 0.3) is 0 Å². The van der Waals surface area contributed by atoms with Crippen LogP contribution in [0.1, 0.15) is 111 Å². The molecule has 402 valence electrons. The number of hydrogen-bond donors (Lipinski definition) is 0. The number of anilines is 4. The number of pyridine rings is 1. The minimum atomic E-state index is -1.97. The molecule has 5 nitrogen and oxygen atoms in total. The number of aromatic nitrogens is 2. The summed E-state index contributed by atoms with van der Waals surface area (Å²) in [6.45, 7) is 19.5. The third kappa shape index (κ3) is 9.67. The van der Waals surface area contributed by atoms with Crippen LogP contribution < -0.4 is 14.5 Å². The second-order valence-corrected chi connectivity index (χ2v) is 24.4. The molecule has 0 amide bonds. The first kappa shape index (κ1) is 41.4. The highest BCUT2D eigenvalue weighted by atomic mass is 16.5. The molecular weight excluding hydrogens is 985 g/mol. The van der Waals surface area contributed by atoms with Gasteiger partial charge in [0.15, 0.2) is 0 Å². The third-order valence-electron chi connectivity index (χ3n) is 16.4.